The van der Waals surface area contributed by atoms with E-state index in [9.17, 15) is 9.67 Å². The zero-order valence-corrected chi connectivity index (χ0v) is 18.3. The van der Waals surface area contributed by atoms with Gasteiger partial charge >= 0.3 is 7.82 Å². The molecule has 0 radical (unpaired) electrons. The number of hydrogen-bond acceptors (Lipinski definition) is 6. The summed E-state index contributed by atoms with van der Waals surface area (Å²) in [6.45, 7) is -0.382. The van der Waals surface area contributed by atoms with E-state index in [0.717, 1.165) is 24.8 Å². The monoisotopic (exact) mass is 450 g/mol. The van der Waals surface area contributed by atoms with E-state index in [1.807, 2.05) is 30.3 Å². The maximum atomic E-state index is 10.9. The van der Waals surface area contributed by atoms with Gasteiger partial charge in [-0.3, -0.25) is 4.52 Å². The predicted octanol–water partition coefficient (Wildman–Crippen LogP) is 2.82. The molecule has 0 saturated carbocycles. The molecule has 6 N–H and O–H groups in total. The third-order valence-electron chi connectivity index (χ3n) is 4.94. The number of phosphoric ester groups is 1. The molecular formula is C22H31N2O6P. The maximum Gasteiger partial charge on any atom is 0.469 e. The van der Waals surface area contributed by atoms with Gasteiger partial charge in [0.15, 0.2) is 0 Å². The summed E-state index contributed by atoms with van der Waals surface area (Å²) < 4.78 is 21.2. The van der Waals surface area contributed by atoms with Crippen LogP contribution in [0.15, 0.2) is 48.5 Å². The van der Waals surface area contributed by atoms with Crippen molar-refractivity contribution in [3.63, 3.8) is 0 Å². The van der Waals surface area contributed by atoms with Crippen LogP contribution in [0.4, 0.5) is 0 Å². The first kappa shape index (κ1) is 25.2. The summed E-state index contributed by atoms with van der Waals surface area (Å²) in [4.78, 5) is 17.7. The highest BCUT2D eigenvalue weighted by Gasteiger charge is 2.28. The molecule has 0 heterocycles. The molecule has 2 rings (SSSR count). The molecular weight excluding hydrogens is 419 g/mol. The number of nitrogens with one attached hydrogen (secondary N) is 1. The van der Waals surface area contributed by atoms with Crippen LogP contribution in [0.3, 0.4) is 0 Å². The van der Waals surface area contributed by atoms with Crippen molar-refractivity contribution >= 4 is 14.0 Å². The molecule has 1 unspecified atom stereocenters. The summed E-state index contributed by atoms with van der Waals surface area (Å²) in [6.07, 6.45) is 4.83. The quantitative estimate of drug-likeness (QED) is 0.169. The number of aliphatic hydroxyl groups is 1. The Morgan fingerprint density at radius 3 is 2.45 bits per heavy atom. The van der Waals surface area contributed by atoms with E-state index in [0.29, 0.717) is 24.3 Å². The van der Waals surface area contributed by atoms with Crippen molar-refractivity contribution in [3.05, 3.63) is 65.2 Å². The van der Waals surface area contributed by atoms with Gasteiger partial charge < -0.3 is 30.8 Å². The van der Waals surface area contributed by atoms with Crippen LogP contribution in [0.25, 0.3) is 0 Å². The van der Waals surface area contributed by atoms with E-state index in [1.54, 1.807) is 6.07 Å². The molecule has 0 fully saturated rings. The van der Waals surface area contributed by atoms with E-state index >= 15 is 0 Å². The molecule has 0 aliphatic carbocycles. The Balaban J connectivity index is 1.84. The minimum atomic E-state index is -4.66. The van der Waals surface area contributed by atoms with Gasteiger partial charge in [-0.25, -0.2) is 4.57 Å². The molecule has 1 atom stereocenters. The highest BCUT2D eigenvalue weighted by Crippen LogP contribution is 2.37. The molecule has 0 amide bonds. The summed E-state index contributed by atoms with van der Waals surface area (Å²) in [6, 6.07) is 15.8. The van der Waals surface area contributed by atoms with Gasteiger partial charge in [0.1, 0.15) is 5.75 Å². The van der Waals surface area contributed by atoms with Crippen molar-refractivity contribution in [1.29, 1.82) is 5.41 Å². The lowest BCUT2D eigenvalue weighted by Crippen LogP contribution is -2.48. The van der Waals surface area contributed by atoms with Crippen LogP contribution in [-0.2, 0) is 21.9 Å². The molecule has 0 bridgehead atoms. The van der Waals surface area contributed by atoms with Crippen molar-refractivity contribution in [2.75, 3.05) is 19.8 Å². The van der Waals surface area contributed by atoms with Gasteiger partial charge in [-0.1, -0.05) is 36.4 Å². The first-order valence-corrected chi connectivity index (χ1v) is 11.7. The molecule has 0 spiro atoms. The molecule has 170 valence electrons. The van der Waals surface area contributed by atoms with Gasteiger partial charge in [-0.15, -0.1) is 0 Å². The van der Waals surface area contributed by atoms with Crippen LogP contribution in [0.1, 0.15) is 36.0 Å². The number of ether oxygens (including phenoxy) is 1. The van der Waals surface area contributed by atoms with Crippen LogP contribution < -0.4 is 10.5 Å². The van der Waals surface area contributed by atoms with Gasteiger partial charge in [0.05, 0.1) is 25.4 Å². The zero-order valence-electron chi connectivity index (χ0n) is 17.4. The molecule has 0 saturated heterocycles. The predicted molar refractivity (Wildman–Crippen MR) is 120 cm³/mol. The molecule has 0 aliphatic rings. The summed E-state index contributed by atoms with van der Waals surface area (Å²) in [7, 11) is -4.66. The fourth-order valence-corrected chi connectivity index (χ4v) is 3.48. The Bertz CT molecular complexity index is 874. The maximum absolute atomic E-state index is 10.9. The average Bonchev–Trinajstić information content (AvgIpc) is 2.76. The average molecular weight is 450 g/mol. The summed E-state index contributed by atoms with van der Waals surface area (Å²) in [5.74, 6) is 0.629. The van der Waals surface area contributed by atoms with Crippen molar-refractivity contribution < 1.29 is 28.7 Å². The third kappa shape index (κ3) is 9.31. The SMILES string of the molecule is N=Cc1cc(CCC(N)(CO)COP(=O)(O)O)ccc1OCCCCc1ccccc1. The van der Waals surface area contributed by atoms with E-state index in [-0.39, 0.29) is 6.42 Å². The Kier molecular flexibility index (Phi) is 9.84. The number of hydrogen-bond donors (Lipinski definition) is 5. The third-order valence-corrected chi connectivity index (χ3v) is 5.40. The Morgan fingerprint density at radius 2 is 1.81 bits per heavy atom. The number of benzene rings is 2. The van der Waals surface area contributed by atoms with Gasteiger partial charge in [-0.05, 0) is 55.4 Å². The number of nitrogens with two attached hydrogens (primary N) is 1. The van der Waals surface area contributed by atoms with Crippen molar-refractivity contribution in [3.8, 4) is 5.75 Å². The smallest absolute Gasteiger partial charge is 0.469 e. The first-order valence-electron chi connectivity index (χ1n) is 10.1. The number of aryl methyl sites for hydroxylation is 2. The van der Waals surface area contributed by atoms with Crippen molar-refractivity contribution in [1.82, 2.24) is 0 Å². The molecule has 31 heavy (non-hydrogen) atoms. The minimum Gasteiger partial charge on any atom is -0.493 e. The number of aliphatic hydroxyl groups excluding tert-OH is 1. The molecule has 2 aromatic carbocycles. The molecule has 9 heteroatoms. The van der Waals surface area contributed by atoms with E-state index < -0.39 is 26.6 Å². The van der Waals surface area contributed by atoms with E-state index in [4.69, 9.17) is 25.7 Å². The van der Waals surface area contributed by atoms with Gasteiger partial charge in [0, 0.05) is 11.8 Å². The molecule has 8 nitrogen and oxygen atoms in total. The lowest BCUT2D eigenvalue weighted by atomic mass is 9.93. The number of rotatable bonds is 14. The van der Waals surface area contributed by atoms with Crippen molar-refractivity contribution in [2.45, 2.75) is 37.6 Å². The Morgan fingerprint density at radius 1 is 1.06 bits per heavy atom. The normalized spacial score (nSPS) is 13.5. The van der Waals surface area contributed by atoms with Gasteiger partial charge in [0.2, 0.25) is 0 Å². The second-order valence-corrected chi connectivity index (χ2v) is 8.83. The van der Waals surface area contributed by atoms with Crippen LogP contribution in [0, 0.1) is 5.41 Å². The fourth-order valence-electron chi connectivity index (χ4n) is 3.06. The standard InChI is InChI=1S/C22H31N2O6P/c23-15-20-14-19(11-12-22(24,16-25)17-30-31(26,27)28)9-10-21(20)29-13-5-4-8-18-6-2-1-3-7-18/h1-3,6-7,9-10,14-15,23,25H,4-5,8,11-13,16-17,24H2,(H2,26,27,28). The zero-order chi connectivity index (χ0) is 22.7. The first-order chi connectivity index (χ1) is 14.7. The topological polar surface area (TPSA) is 146 Å². The fraction of sp³-hybridized carbons (Fsp3) is 0.409. The molecule has 0 aromatic heterocycles. The lowest BCUT2D eigenvalue weighted by Gasteiger charge is -2.27. The minimum absolute atomic E-state index is 0.251. The summed E-state index contributed by atoms with van der Waals surface area (Å²) >= 11 is 0. The lowest BCUT2D eigenvalue weighted by molar-refractivity contribution is 0.102. The Labute approximate surface area is 182 Å². The van der Waals surface area contributed by atoms with E-state index in [1.165, 1.54) is 11.8 Å². The summed E-state index contributed by atoms with van der Waals surface area (Å²) in [5.41, 5.74) is 7.53. The molecule has 0 aliphatic heterocycles. The van der Waals surface area contributed by atoms with E-state index in [2.05, 4.69) is 16.7 Å². The second kappa shape index (κ2) is 12.1. The summed E-state index contributed by atoms with van der Waals surface area (Å²) in [5, 5.41) is 17.2. The van der Waals surface area contributed by atoms with Gasteiger partial charge in [-0.2, -0.15) is 0 Å². The highest BCUT2D eigenvalue weighted by atomic mass is 31.2. The Hall–Kier alpha value is -2.06. The van der Waals surface area contributed by atoms with Crippen LogP contribution in [0.5, 0.6) is 5.75 Å². The highest BCUT2D eigenvalue weighted by molar-refractivity contribution is 7.46. The van der Waals surface area contributed by atoms with Gasteiger partial charge in [0.25, 0.3) is 0 Å². The largest absolute Gasteiger partial charge is 0.493 e. The van der Waals surface area contributed by atoms with Crippen LogP contribution in [-0.4, -0.2) is 46.5 Å². The van der Waals surface area contributed by atoms with Crippen molar-refractivity contribution in [2.24, 2.45) is 5.73 Å². The second-order valence-electron chi connectivity index (χ2n) is 7.59. The number of phosphoric acid groups is 1. The van der Waals surface area contributed by atoms with Crippen LogP contribution in [0.2, 0.25) is 0 Å². The van der Waals surface area contributed by atoms with Crippen LogP contribution >= 0.6 is 7.82 Å². The number of unbranched alkanes of at least 4 members (excludes halogenated alkanes) is 1. The molecule has 2 aromatic rings.